The van der Waals surface area contributed by atoms with Crippen LogP contribution >= 0.6 is 11.6 Å². The van der Waals surface area contributed by atoms with E-state index >= 15 is 0 Å². The minimum Gasteiger partial charge on any atom is -0.496 e. The third kappa shape index (κ3) is 4.02. The van der Waals surface area contributed by atoms with Gasteiger partial charge in [-0.05, 0) is 42.0 Å². The first-order valence-corrected chi connectivity index (χ1v) is 9.75. The molecule has 0 spiro atoms. The van der Waals surface area contributed by atoms with Gasteiger partial charge in [0.2, 0.25) is 0 Å². The summed E-state index contributed by atoms with van der Waals surface area (Å²) in [6, 6.07) is 13.1. The molecule has 2 aromatic carbocycles. The Morgan fingerprint density at radius 1 is 1.10 bits per heavy atom. The second-order valence-corrected chi connectivity index (χ2v) is 7.42. The van der Waals surface area contributed by atoms with E-state index in [4.69, 9.17) is 21.1 Å². The molecule has 0 unspecified atom stereocenters. The van der Waals surface area contributed by atoms with Crippen molar-refractivity contribution in [2.24, 2.45) is 14.1 Å². The van der Waals surface area contributed by atoms with Crippen molar-refractivity contribution in [3.05, 3.63) is 64.9 Å². The Balaban J connectivity index is 1.44. The Kier molecular flexibility index (Phi) is 5.46. The van der Waals surface area contributed by atoms with E-state index in [0.717, 1.165) is 27.7 Å². The van der Waals surface area contributed by atoms with Crippen molar-refractivity contribution in [2.45, 2.75) is 13.0 Å². The molecule has 2 aromatic heterocycles. The van der Waals surface area contributed by atoms with Crippen LogP contribution in [0.3, 0.4) is 0 Å². The summed E-state index contributed by atoms with van der Waals surface area (Å²) in [7, 11) is 5.27. The predicted molar refractivity (Wildman–Crippen MR) is 114 cm³/mol. The van der Waals surface area contributed by atoms with Crippen molar-refractivity contribution < 1.29 is 14.3 Å². The summed E-state index contributed by atoms with van der Waals surface area (Å²) in [5.74, 6) is 0.305. The second kappa shape index (κ2) is 8.20. The van der Waals surface area contributed by atoms with Crippen LogP contribution in [0.15, 0.2) is 48.7 Å². The number of aromatic nitrogens is 4. The number of nitrogens with zero attached hydrogens (tertiary/aromatic N) is 4. The first-order chi connectivity index (χ1) is 14.4. The molecule has 0 N–H and O–H groups in total. The van der Waals surface area contributed by atoms with Crippen molar-refractivity contribution in [3.8, 4) is 17.0 Å². The topological polar surface area (TPSA) is 71.2 Å². The lowest BCUT2D eigenvalue weighted by molar-refractivity contribution is -0.144. The van der Waals surface area contributed by atoms with Crippen LogP contribution in [0.5, 0.6) is 5.75 Å². The number of ether oxygens (including phenoxy) is 2. The van der Waals surface area contributed by atoms with E-state index in [1.165, 1.54) is 0 Å². The normalized spacial score (nSPS) is 11.1. The summed E-state index contributed by atoms with van der Waals surface area (Å²) in [6.07, 6.45) is 1.91. The van der Waals surface area contributed by atoms with Gasteiger partial charge in [0.15, 0.2) is 0 Å². The van der Waals surface area contributed by atoms with Crippen molar-refractivity contribution in [1.29, 1.82) is 0 Å². The van der Waals surface area contributed by atoms with Gasteiger partial charge in [0.05, 0.1) is 30.9 Å². The molecule has 8 heteroatoms. The van der Waals surface area contributed by atoms with Gasteiger partial charge in [-0.1, -0.05) is 17.7 Å². The Hall–Kier alpha value is -3.32. The molecule has 30 heavy (non-hydrogen) atoms. The number of benzene rings is 2. The number of hydrogen-bond donors (Lipinski definition) is 0. The SMILES string of the molecule is COc1cc(Cl)ccc1-c1cc(CC(=O)OCc2ccc3c(cnn3C)c2)n(C)n1. The lowest BCUT2D eigenvalue weighted by Gasteiger charge is -2.06. The van der Waals surface area contributed by atoms with Gasteiger partial charge in [-0.2, -0.15) is 10.2 Å². The highest BCUT2D eigenvalue weighted by Gasteiger charge is 2.15. The Bertz CT molecular complexity index is 1230. The molecule has 0 fully saturated rings. The first-order valence-electron chi connectivity index (χ1n) is 9.37. The lowest BCUT2D eigenvalue weighted by Crippen LogP contribution is -2.11. The highest BCUT2D eigenvalue weighted by Crippen LogP contribution is 2.32. The maximum atomic E-state index is 12.4. The fourth-order valence-electron chi connectivity index (χ4n) is 3.35. The minimum atomic E-state index is -0.320. The summed E-state index contributed by atoms with van der Waals surface area (Å²) in [5, 5.41) is 10.3. The van der Waals surface area contributed by atoms with Crippen LogP contribution in [0.25, 0.3) is 22.2 Å². The van der Waals surface area contributed by atoms with Crippen LogP contribution in [0.4, 0.5) is 0 Å². The van der Waals surface area contributed by atoms with E-state index < -0.39 is 0 Å². The zero-order chi connectivity index (χ0) is 21.3. The largest absolute Gasteiger partial charge is 0.496 e. The molecular weight excluding hydrogens is 404 g/mol. The van der Waals surface area contributed by atoms with Gasteiger partial charge < -0.3 is 9.47 Å². The molecule has 4 rings (SSSR count). The zero-order valence-corrected chi connectivity index (χ0v) is 17.7. The molecule has 0 aliphatic heterocycles. The van der Waals surface area contributed by atoms with Gasteiger partial charge in [-0.15, -0.1) is 0 Å². The fourth-order valence-corrected chi connectivity index (χ4v) is 3.51. The molecule has 0 saturated heterocycles. The van der Waals surface area contributed by atoms with Crippen molar-refractivity contribution in [2.75, 3.05) is 7.11 Å². The maximum absolute atomic E-state index is 12.4. The molecule has 0 radical (unpaired) electrons. The summed E-state index contributed by atoms with van der Waals surface area (Å²) in [5.41, 5.74) is 4.21. The molecule has 0 atom stereocenters. The van der Waals surface area contributed by atoms with Crippen LogP contribution in [0.2, 0.25) is 5.02 Å². The Morgan fingerprint density at radius 2 is 1.93 bits per heavy atom. The maximum Gasteiger partial charge on any atom is 0.312 e. The second-order valence-electron chi connectivity index (χ2n) is 6.99. The third-order valence-corrected chi connectivity index (χ3v) is 5.19. The number of fused-ring (bicyclic) bond motifs is 1. The molecular formula is C22H21ClN4O3. The molecule has 7 nitrogen and oxygen atoms in total. The predicted octanol–water partition coefficient (Wildman–Crippen LogP) is 3.92. The summed E-state index contributed by atoms with van der Waals surface area (Å²) in [4.78, 5) is 12.4. The van der Waals surface area contributed by atoms with Gasteiger partial charge in [-0.3, -0.25) is 14.2 Å². The van der Waals surface area contributed by atoms with E-state index in [1.54, 1.807) is 41.9 Å². The van der Waals surface area contributed by atoms with E-state index in [-0.39, 0.29) is 19.0 Å². The van der Waals surface area contributed by atoms with Crippen molar-refractivity contribution in [1.82, 2.24) is 19.6 Å². The van der Waals surface area contributed by atoms with Gasteiger partial charge >= 0.3 is 5.97 Å². The zero-order valence-electron chi connectivity index (χ0n) is 16.9. The van der Waals surface area contributed by atoms with E-state index in [0.29, 0.717) is 16.5 Å². The van der Waals surface area contributed by atoms with Crippen molar-refractivity contribution in [3.63, 3.8) is 0 Å². The monoisotopic (exact) mass is 424 g/mol. The molecule has 154 valence electrons. The molecule has 0 saturated carbocycles. The quantitative estimate of drug-likeness (QED) is 0.439. The first kappa shape index (κ1) is 20.0. The van der Waals surface area contributed by atoms with Gasteiger partial charge in [0.1, 0.15) is 12.4 Å². The van der Waals surface area contributed by atoms with Gasteiger partial charge in [-0.25, -0.2) is 0 Å². The minimum absolute atomic E-state index is 0.120. The Morgan fingerprint density at radius 3 is 2.73 bits per heavy atom. The van der Waals surface area contributed by atoms with Crippen LogP contribution in [-0.2, 0) is 36.7 Å². The number of rotatable bonds is 6. The third-order valence-electron chi connectivity index (χ3n) is 4.95. The van der Waals surface area contributed by atoms with Crippen molar-refractivity contribution >= 4 is 28.5 Å². The number of esters is 1. The van der Waals surface area contributed by atoms with E-state index in [1.807, 2.05) is 37.4 Å². The summed E-state index contributed by atoms with van der Waals surface area (Å²) < 4.78 is 14.3. The van der Waals surface area contributed by atoms with Crippen LogP contribution in [0, 0.1) is 0 Å². The lowest BCUT2D eigenvalue weighted by atomic mass is 10.1. The van der Waals surface area contributed by atoms with Crippen LogP contribution in [0.1, 0.15) is 11.3 Å². The van der Waals surface area contributed by atoms with Gasteiger partial charge in [0.25, 0.3) is 0 Å². The molecule has 0 aliphatic rings. The number of carbonyl (C=O) groups is 1. The van der Waals surface area contributed by atoms with Gasteiger partial charge in [0, 0.05) is 35.8 Å². The summed E-state index contributed by atoms with van der Waals surface area (Å²) >= 11 is 6.04. The molecule has 4 aromatic rings. The Labute approximate surface area is 178 Å². The number of carbonyl (C=O) groups excluding carboxylic acids is 1. The van der Waals surface area contributed by atoms with E-state index in [2.05, 4.69) is 10.2 Å². The number of methoxy groups -OCH3 is 1. The molecule has 0 aliphatic carbocycles. The van der Waals surface area contributed by atoms with E-state index in [9.17, 15) is 4.79 Å². The highest BCUT2D eigenvalue weighted by atomic mass is 35.5. The fraction of sp³-hybridized carbons (Fsp3) is 0.227. The average molecular weight is 425 g/mol. The highest BCUT2D eigenvalue weighted by molar-refractivity contribution is 6.30. The smallest absolute Gasteiger partial charge is 0.312 e. The number of halogens is 1. The van der Waals surface area contributed by atoms with Crippen LogP contribution < -0.4 is 4.74 Å². The standard InChI is InChI=1S/C22H21ClN4O3/c1-26-17(10-19(25-26)18-6-5-16(23)9-21(18)29-3)11-22(28)30-13-14-4-7-20-15(8-14)12-24-27(20)2/h4-10,12H,11,13H2,1-3H3. The number of hydrogen-bond acceptors (Lipinski definition) is 5. The number of aryl methyl sites for hydroxylation is 2. The molecule has 0 amide bonds. The molecule has 2 heterocycles. The van der Waals surface area contributed by atoms with Crippen LogP contribution in [-0.4, -0.2) is 32.6 Å². The summed E-state index contributed by atoms with van der Waals surface area (Å²) in [6.45, 7) is 0.208. The average Bonchev–Trinajstić information content (AvgIpc) is 3.28. The molecule has 0 bridgehead atoms.